The summed E-state index contributed by atoms with van der Waals surface area (Å²) < 4.78 is 8.88. The van der Waals surface area contributed by atoms with E-state index in [0.29, 0.717) is 38.5 Å². The first-order valence-electron chi connectivity index (χ1n) is 19.3. The lowest BCUT2D eigenvalue weighted by Crippen LogP contribution is -2.41. The summed E-state index contributed by atoms with van der Waals surface area (Å²) in [7, 11) is -4.64. The number of hydrogen-bond acceptors (Lipinski definition) is 10. The topological polar surface area (TPSA) is 277 Å². The smallest absolute Gasteiger partial charge is 0.396 e. The van der Waals surface area contributed by atoms with Crippen LogP contribution in [0.5, 0.6) is 0 Å². The standard InChI is InChI=1S/3C12H27NO2.H3O4P/c3*1-2-3-4-5-6-7-12(13,8-10-14)9-11-15;1-5(2,3)4/h3*14-15H,2-11,13H2,1H3;(H3,1,2,3,4). The molecule has 0 amide bonds. The summed E-state index contributed by atoms with van der Waals surface area (Å²) in [4.78, 5) is 21.6. The van der Waals surface area contributed by atoms with Gasteiger partial charge in [0.05, 0.1) is 0 Å². The summed E-state index contributed by atoms with van der Waals surface area (Å²) in [6.07, 6.45) is 24.7. The SMILES string of the molecule is CCCCCCCC(N)(CCO)CCO.CCCCCCCC(N)(CCO)CCO.CCCCCCCC(N)(CCO)CCO.O=P(O)(O)O. The second-order valence-corrected chi connectivity index (χ2v) is 15.0. The molecule has 0 aromatic heterocycles. The molecular weight excluding hydrogens is 665 g/mol. The Hall–Kier alpha value is -0.250. The van der Waals surface area contributed by atoms with Crippen molar-refractivity contribution in [2.24, 2.45) is 17.2 Å². The van der Waals surface area contributed by atoms with Crippen molar-refractivity contribution in [3.63, 3.8) is 0 Å². The molecule has 0 unspecified atom stereocenters. The summed E-state index contributed by atoms with van der Waals surface area (Å²) in [6, 6.07) is 0. The molecular formula is C36H84N3O10P. The summed E-state index contributed by atoms with van der Waals surface area (Å²) in [5, 5.41) is 53.4. The highest BCUT2D eigenvalue weighted by molar-refractivity contribution is 7.45. The highest BCUT2D eigenvalue weighted by Gasteiger charge is 2.24. The maximum Gasteiger partial charge on any atom is 0.466 e. The summed E-state index contributed by atoms with van der Waals surface area (Å²) in [5.41, 5.74) is 17.3. The molecule has 0 aromatic carbocycles. The molecule has 13 nitrogen and oxygen atoms in total. The van der Waals surface area contributed by atoms with Crippen LogP contribution in [0.4, 0.5) is 0 Å². The number of rotatable bonds is 30. The van der Waals surface area contributed by atoms with E-state index in [1.807, 2.05) is 0 Å². The second kappa shape index (κ2) is 38.5. The molecule has 14 heteroatoms. The Bertz CT molecular complexity index is 617. The van der Waals surface area contributed by atoms with Gasteiger partial charge >= 0.3 is 7.82 Å². The third-order valence-corrected chi connectivity index (χ3v) is 8.99. The van der Waals surface area contributed by atoms with Crippen LogP contribution in [0, 0.1) is 0 Å². The molecule has 15 N–H and O–H groups in total. The Labute approximate surface area is 305 Å². The molecule has 308 valence electrons. The first-order chi connectivity index (χ1) is 23.5. The van der Waals surface area contributed by atoms with Crippen molar-refractivity contribution in [1.29, 1.82) is 0 Å². The van der Waals surface area contributed by atoms with Crippen LogP contribution >= 0.6 is 7.82 Å². The van der Waals surface area contributed by atoms with Crippen LogP contribution in [0.25, 0.3) is 0 Å². The zero-order valence-electron chi connectivity index (χ0n) is 32.3. The quantitative estimate of drug-likeness (QED) is 0.0357. The predicted octanol–water partition coefficient (Wildman–Crippen LogP) is 4.50. The van der Waals surface area contributed by atoms with Gasteiger partial charge in [0.25, 0.3) is 0 Å². The summed E-state index contributed by atoms with van der Waals surface area (Å²) >= 11 is 0. The van der Waals surface area contributed by atoms with E-state index in [1.165, 1.54) is 77.0 Å². The largest absolute Gasteiger partial charge is 0.466 e. The molecule has 0 spiro atoms. The van der Waals surface area contributed by atoms with Gasteiger partial charge in [-0.25, -0.2) is 4.57 Å². The van der Waals surface area contributed by atoms with Gasteiger partial charge in [0.2, 0.25) is 0 Å². The lowest BCUT2D eigenvalue weighted by Gasteiger charge is -2.28. The van der Waals surface area contributed by atoms with Gasteiger partial charge in [-0.1, -0.05) is 117 Å². The molecule has 50 heavy (non-hydrogen) atoms. The third kappa shape index (κ3) is 45.8. The van der Waals surface area contributed by atoms with Crippen LogP contribution < -0.4 is 17.2 Å². The molecule has 0 rings (SSSR count). The van der Waals surface area contributed by atoms with Gasteiger partial charge < -0.3 is 62.5 Å². The molecule has 0 radical (unpaired) electrons. The van der Waals surface area contributed by atoms with Gasteiger partial charge in [0.15, 0.2) is 0 Å². The van der Waals surface area contributed by atoms with Crippen LogP contribution in [0.15, 0.2) is 0 Å². The van der Waals surface area contributed by atoms with Gasteiger partial charge in [-0.3, -0.25) is 0 Å². The van der Waals surface area contributed by atoms with Crippen LogP contribution in [0.2, 0.25) is 0 Å². The first-order valence-corrected chi connectivity index (χ1v) is 20.9. The van der Waals surface area contributed by atoms with Gasteiger partial charge in [0, 0.05) is 56.3 Å². The number of phosphoric acid groups is 1. The fourth-order valence-corrected chi connectivity index (χ4v) is 5.70. The lowest BCUT2D eigenvalue weighted by atomic mass is 9.87. The van der Waals surface area contributed by atoms with E-state index in [-0.39, 0.29) is 56.3 Å². The molecule has 0 aliphatic rings. The van der Waals surface area contributed by atoms with Crippen molar-refractivity contribution < 1.29 is 49.9 Å². The second-order valence-electron chi connectivity index (χ2n) is 13.9. The minimum absolute atomic E-state index is 0.117. The molecule has 0 aliphatic heterocycles. The van der Waals surface area contributed by atoms with E-state index < -0.39 is 7.82 Å². The Kier molecular flexibility index (Phi) is 43.5. The summed E-state index contributed by atoms with van der Waals surface area (Å²) in [6.45, 7) is 7.30. The van der Waals surface area contributed by atoms with E-state index in [1.54, 1.807) is 0 Å². The minimum atomic E-state index is -4.64. The molecule has 0 fully saturated rings. The lowest BCUT2D eigenvalue weighted by molar-refractivity contribution is 0.182. The van der Waals surface area contributed by atoms with Crippen LogP contribution in [0.1, 0.15) is 175 Å². The van der Waals surface area contributed by atoms with E-state index in [4.69, 9.17) is 67.1 Å². The van der Waals surface area contributed by atoms with Crippen molar-refractivity contribution in [1.82, 2.24) is 0 Å². The normalized spacial score (nSPS) is 12.0. The highest BCUT2D eigenvalue weighted by atomic mass is 31.2. The van der Waals surface area contributed by atoms with E-state index in [9.17, 15) is 0 Å². The van der Waals surface area contributed by atoms with Gasteiger partial charge in [-0.2, -0.15) is 0 Å². The van der Waals surface area contributed by atoms with Crippen molar-refractivity contribution in [2.75, 3.05) is 39.6 Å². The Morgan fingerprint density at radius 1 is 0.360 bits per heavy atom. The van der Waals surface area contributed by atoms with E-state index in [0.717, 1.165) is 38.5 Å². The molecule has 0 aliphatic carbocycles. The maximum absolute atomic E-state index is 8.91. The molecule has 0 atom stereocenters. The van der Waals surface area contributed by atoms with Crippen LogP contribution in [-0.2, 0) is 4.57 Å². The Morgan fingerprint density at radius 2 is 0.520 bits per heavy atom. The highest BCUT2D eigenvalue weighted by Crippen LogP contribution is 2.26. The zero-order chi connectivity index (χ0) is 39.2. The number of hydrogen-bond donors (Lipinski definition) is 12. The predicted molar refractivity (Wildman–Crippen MR) is 205 cm³/mol. The van der Waals surface area contributed by atoms with E-state index >= 15 is 0 Å². The summed E-state index contributed by atoms with van der Waals surface area (Å²) in [5.74, 6) is 0. The minimum Gasteiger partial charge on any atom is -0.396 e. The molecule has 0 saturated carbocycles. The monoisotopic (exact) mass is 750 g/mol. The molecule has 0 bridgehead atoms. The fraction of sp³-hybridized carbons (Fsp3) is 1.00. The van der Waals surface area contributed by atoms with Gasteiger partial charge in [-0.15, -0.1) is 0 Å². The molecule has 0 heterocycles. The van der Waals surface area contributed by atoms with Crippen LogP contribution in [-0.4, -0.2) is 102 Å². The Balaban J connectivity index is -0.000000296. The maximum atomic E-state index is 8.91. The molecule has 0 saturated heterocycles. The number of nitrogens with two attached hydrogens (primary N) is 3. The molecule has 0 aromatic rings. The van der Waals surface area contributed by atoms with Crippen molar-refractivity contribution >= 4 is 7.82 Å². The van der Waals surface area contributed by atoms with Crippen molar-refractivity contribution in [3.05, 3.63) is 0 Å². The van der Waals surface area contributed by atoms with Gasteiger partial charge in [0.1, 0.15) is 0 Å². The first kappa shape index (κ1) is 56.5. The fourth-order valence-electron chi connectivity index (χ4n) is 5.70. The Morgan fingerprint density at radius 3 is 0.660 bits per heavy atom. The number of unbranched alkanes of at least 4 members (excludes halogenated alkanes) is 12. The number of aliphatic hydroxyl groups is 6. The van der Waals surface area contributed by atoms with E-state index in [2.05, 4.69) is 20.8 Å². The van der Waals surface area contributed by atoms with Crippen molar-refractivity contribution in [3.8, 4) is 0 Å². The average Bonchev–Trinajstić information content (AvgIpc) is 3.01. The third-order valence-electron chi connectivity index (χ3n) is 8.99. The zero-order valence-corrected chi connectivity index (χ0v) is 33.2. The van der Waals surface area contributed by atoms with Gasteiger partial charge in [-0.05, 0) is 57.8 Å². The van der Waals surface area contributed by atoms with Crippen LogP contribution in [0.3, 0.4) is 0 Å². The number of aliphatic hydroxyl groups excluding tert-OH is 6. The van der Waals surface area contributed by atoms with Crippen molar-refractivity contribution in [2.45, 2.75) is 191 Å². The average molecular weight is 750 g/mol.